The molecule has 5 rings (SSSR count). The number of carbonyl (C=O) groups excluding carboxylic acids is 2. The van der Waals surface area contributed by atoms with Gasteiger partial charge < -0.3 is 9.80 Å². The minimum absolute atomic E-state index is 0.00164. The van der Waals surface area contributed by atoms with E-state index in [4.69, 9.17) is 0 Å². The Hall–Kier alpha value is -1.97. The number of rotatable bonds is 4. The van der Waals surface area contributed by atoms with Gasteiger partial charge in [0.2, 0.25) is 11.8 Å². The number of nitrogens with zero attached hydrogens (tertiary/aromatic N) is 3. The maximum Gasteiger partial charge on any atom is 0.230 e. The topological polar surface area (TPSA) is 90.0 Å². The molecule has 4 aliphatic rings. The van der Waals surface area contributed by atoms with E-state index in [0.29, 0.717) is 24.0 Å². The number of fused-ring (bicyclic) bond motifs is 1. The van der Waals surface area contributed by atoms with Crippen LogP contribution in [0.1, 0.15) is 51.0 Å². The van der Waals surface area contributed by atoms with Crippen molar-refractivity contribution in [1.82, 2.24) is 10.4 Å². The average molecular weight is 475 g/mol. The predicted molar refractivity (Wildman–Crippen MR) is 128 cm³/mol. The third-order valence-corrected chi connectivity index (χ3v) is 9.31. The monoisotopic (exact) mass is 474 g/mol. The molecule has 1 saturated carbocycles. The van der Waals surface area contributed by atoms with Crippen LogP contribution in [0, 0.1) is 11.8 Å². The summed E-state index contributed by atoms with van der Waals surface area (Å²) in [5, 5.41) is 2.23. The molecule has 180 valence electrons. The van der Waals surface area contributed by atoms with Gasteiger partial charge in [0.1, 0.15) is 9.84 Å². The van der Waals surface area contributed by atoms with Gasteiger partial charge in [-0.3, -0.25) is 15.0 Å². The lowest BCUT2D eigenvalue weighted by Crippen LogP contribution is -2.51. The van der Waals surface area contributed by atoms with Crippen LogP contribution in [0.25, 0.3) is 0 Å². The van der Waals surface area contributed by atoms with Crippen molar-refractivity contribution in [3.05, 3.63) is 23.8 Å². The van der Waals surface area contributed by atoms with Crippen molar-refractivity contribution in [1.29, 1.82) is 0 Å². The van der Waals surface area contributed by atoms with Gasteiger partial charge in [0.15, 0.2) is 0 Å². The normalized spacial score (nSPS) is 28.1. The van der Waals surface area contributed by atoms with Gasteiger partial charge in [-0.25, -0.2) is 13.4 Å². The van der Waals surface area contributed by atoms with E-state index in [1.165, 1.54) is 5.56 Å². The number of hydrazine groups is 1. The number of benzene rings is 1. The second-order valence-electron chi connectivity index (χ2n) is 10.3. The number of hydrogen-bond donors (Lipinski definition) is 1. The van der Waals surface area contributed by atoms with Crippen molar-refractivity contribution < 1.29 is 18.0 Å². The van der Waals surface area contributed by atoms with Gasteiger partial charge >= 0.3 is 0 Å². The summed E-state index contributed by atoms with van der Waals surface area (Å²) < 4.78 is 23.4. The van der Waals surface area contributed by atoms with Gasteiger partial charge in [-0.05, 0) is 56.2 Å². The molecule has 0 bridgehead atoms. The highest BCUT2D eigenvalue weighted by molar-refractivity contribution is 7.91. The minimum atomic E-state index is -2.84. The molecule has 9 heteroatoms. The Morgan fingerprint density at radius 3 is 2.45 bits per heavy atom. The summed E-state index contributed by atoms with van der Waals surface area (Å²) in [5.41, 5.74) is 6.34. The second kappa shape index (κ2) is 8.67. The molecule has 0 radical (unpaired) electrons. The zero-order valence-electron chi connectivity index (χ0n) is 19.5. The first-order valence-corrected chi connectivity index (χ1v) is 14.0. The van der Waals surface area contributed by atoms with Crippen molar-refractivity contribution in [3.63, 3.8) is 0 Å². The van der Waals surface area contributed by atoms with Gasteiger partial charge in [0.05, 0.1) is 28.9 Å². The van der Waals surface area contributed by atoms with Gasteiger partial charge in [-0.15, -0.1) is 0 Å². The quantitative estimate of drug-likeness (QED) is 0.717. The average Bonchev–Trinajstić information content (AvgIpc) is 3.52. The van der Waals surface area contributed by atoms with Crippen LogP contribution in [0.4, 0.5) is 11.4 Å². The Labute approximate surface area is 196 Å². The van der Waals surface area contributed by atoms with Gasteiger partial charge in [0, 0.05) is 44.9 Å². The fourth-order valence-electron chi connectivity index (χ4n) is 5.57. The van der Waals surface area contributed by atoms with E-state index in [2.05, 4.69) is 22.6 Å². The Kier molecular flexibility index (Phi) is 5.99. The van der Waals surface area contributed by atoms with Crippen molar-refractivity contribution in [2.24, 2.45) is 11.8 Å². The van der Waals surface area contributed by atoms with Crippen LogP contribution in [0.5, 0.6) is 0 Å². The van der Waals surface area contributed by atoms with Crippen LogP contribution < -0.4 is 15.2 Å². The van der Waals surface area contributed by atoms with Crippen molar-refractivity contribution in [2.75, 3.05) is 47.5 Å². The summed E-state index contributed by atoms with van der Waals surface area (Å²) >= 11 is 0. The van der Waals surface area contributed by atoms with Crippen LogP contribution >= 0.6 is 0 Å². The lowest BCUT2D eigenvalue weighted by Gasteiger charge is -2.41. The molecule has 1 aromatic rings. The van der Waals surface area contributed by atoms with E-state index in [9.17, 15) is 18.0 Å². The summed E-state index contributed by atoms with van der Waals surface area (Å²) in [4.78, 5) is 29.2. The minimum Gasteiger partial charge on any atom is -0.308 e. The molecule has 3 aliphatic heterocycles. The highest BCUT2D eigenvalue weighted by Gasteiger charge is 2.40. The van der Waals surface area contributed by atoms with Crippen molar-refractivity contribution >= 4 is 33.0 Å². The van der Waals surface area contributed by atoms with Crippen LogP contribution in [0.3, 0.4) is 0 Å². The fourth-order valence-corrected chi connectivity index (χ4v) is 7.15. The highest BCUT2D eigenvalue weighted by atomic mass is 32.2. The molecule has 1 N–H and O–H groups in total. The SMILES string of the molecule is CC(=O)N1c2ccc(C3CNN(CC4CCS(=O)(=O)CC4)C3)cc2N(C(=O)C2CC2)C[C@@H]1C. The van der Waals surface area contributed by atoms with Crippen LogP contribution in [-0.2, 0) is 19.4 Å². The van der Waals surface area contributed by atoms with Crippen LogP contribution in [0.2, 0.25) is 0 Å². The van der Waals surface area contributed by atoms with E-state index in [1.807, 2.05) is 22.8 Å². The van der Waals surface area contributed by atoms with Crippen molar-refractivity contribution in [2.45, 2.75) is 51.5 Å². The van der Waals surface area contributed by atoms with Crippen molar-refractivity contribution in [3.8, 4) is 0 Å². The number of sulfone groups is 1. The molecule has 33 heavy (non-hydrogen) atoms. The molecule has 0 spiro atoms. The van der Waals surface area contributed by atoms with Crippen LogP contribution in [0.15, 0.2) is 18.2 Å². The Morgan fingerprint density at radius 1 is 1.06 bits per heavy atom. The predicted octanol–water partition coefficient (Wildman–Crippen LogP) is 1.91. The summed E-state index contributed by atoms with van der Waals surface area (Å²) in [6, 6.07) is 6.16. The first-order valence-electron chi connectivity index (χ1n) is 12.2. The third-order valence-electron chi connectivity index (χ3n) is 7.60. The number of nitrogens with one attached hydrogen (secondary N) is 1. The molecule has 2 saturated heterocycles. The third kappa shape index (κ3) is 4.68. The maximum absolute atomic E-state index is 13.1. The number of hydrogen-bond acceptors (Lipinski definition) is 6. The summed E-state index contributed by atoms with van der Waals surface area (Å²) in [6.07, 6.45) is 3.39. The summed E-state index contributed by atoms with van der Waals surface area (Å²) in [5.74, 6) is 1.59. The van der Waals surface area contributed by atoms with Crippen LogP contribution in [-0.4, -0.2) is 69.0 Å². The van der Waals surface area contributed by atoms with E-state index < -0.39 is 9.84 Å². The Balaban J connectivity index is 1.33. The van der Waals surface area contributed by atoms with Gasteiger partial charge in [0.25, 0.3) is 0 Å². The number of amides is 2. The lowest BCUT2D eigenvalue weighted by atomic mass is 9.96. The number of carbonyl (C=O) groups is 2. The maximum atomic E-state index is 13.1. The molecule has 0 aromatic heterocycles. The molecule has 2 atom stereocenters. The second-order valence-corrected chi connectivity index (χ2v) is 12.6. The van der Waals surface area contributed by atoms with E-state index >= 15 is 0 Å². The Morgan fingerprint density at radius 2 is 1.79 bits per heavy atom. The molecule has 1 aromatic carbocycles. The van der Waals surface area contributed by atoms with E-state index in [1.54, 1.807) is 6.92 Å². The van der Waals surface area contributed by atoms with Gasteiger partial charge in [-0.1, -0.05) is 6.07 Å². The molecule has 1 aliphatic carbocycles. The molecule has 2 amide bonds. The highest BCUT2D eigenvalue weighted by Crippen LogP contribution is 2.41. The summed E-state index contributed by atoms with van der Waals surface area (Å²) in [6.45, 7) is 6.64. The first-order chi connectivity index (χ1) is 15.7. The Bertz CT molecular complexity index is 1040. The standard InChI is InChI=1S/C24H34N4O4S/c1-16-13-27(24(30)19-3-4-19)23-11-20(5-6-22(23)28(16)17(2)29)21-12-25-26(15-21)14-18-7-9-33(31,32)10-8-18/h5-6,11,16,18-19,21,25H,3-4,7-10,12-15H2,1-2H3/t16-,21?/m0/s1. The molecule has 3 fully saturated rings. The fraction of sp³-hybridized carbons (Fsp3) is 0.667. The molecule has 8 nitrogen and oxygen atoms in total. The van der Waals surface area contributed by atoms with E-state index in [0.717, 1.165) is 56.7 Å². The number of anilines is 2. The molecular formula is C24H34N4O4S. The molecular weight excluding hydrogens is 440 g/mol. The van der Waals surface area contributed by atoms with E-state index in [-0.39, 0.29) is 29.7 Å². The zero-order valence-corrected chi connectivity index (χ0v) is 20.3. The summed E-state index contributed by atoms with van der Waals surface area (Å²) in [7, 11) is -2.84. The largest absolute Gasteiger partial charge is 0.308 e. The van der Waals surface area contributed by atoms with Gasteiger partial charge in [-0.2, -0.15) is 0 Å². The lowest BCUT2D eigenvalue weighted by molar-refractivity contribution is -0.120. The first kappa shape index (κ1) is 22.8. The molecule has 3 heterocycles. The smallest absolute Gasteiger partial charge is 0.230 e. The molecule has 1 unspecified atom stereocenters. The zero-order chi connectivity index (χ0) is 23.3.